The van der Waals surface area contributed by atoms with Crippen LogP contribution in [0.15, 0.2) is 42.5 Å². The van der Waals surface area contributed by atoms with E-state index in [0.29, 0.717) is 11.4 Å². The van der Waals surface area contributed by atoms with Gasteiger partial charge >= 0.3 is 6.03 Å². The van der Waals surface area contributed by atoms with Crippen LogP contribution in [-0.2, 0) is 0 Å². The van der Waals surface area contributed by atoms with Gasteiger partial charge in [0.2, 0.25) is 0 Å². The van der Waals surface area contributed by atoms with Gasteiger partial charge in [-0.15, -0.1) is 0 Å². The lowest BCUT2D eigenvalue weighted by Crippen LogP contribution is -2.20. The highest BCUT2D eigenvalue weighted by Crippen LogP contribution is 2.20. The molecule has 110 valence electrons. The molecular weight excluding hydrogens is 264 g/mol. The van der Waals surface area contributed by atoms with E-state index in [0.717, 1.165) is 16.9 Å². The smallest absolute Gasteiger partial charge is 0.323 e. The van der Waals surface area contributed by atoms with Crippen LogP contribution in [0.3, 0.4) is 0 Å². The zero-order valence-corrected chi connectivity index (χ0v) is 12.5. The molecule has 2 aromatic rings. The van der Waals surface area contributed by atoms with Gasteiger partial charge in [-0.05, 0) is 48.9 Å². The first-order valence-corrected chi connectivity index (χ1v) is 6.67. The molecule has 0 aliphatic heterocycles. The van der Waals surface area contributed by atoms with Crippen molar-refractivity contribution in [2.24, 2.45) is 0 Å². The first kappa shape index (κ1) is 14.7. The van der Waals surface area contributed by atoms with Gasteiger partial charge in [-0.1, -0.05) is 6.07 Å². The summed E-state index contributed by atoms with van der Waals surface area (Å²) < 4.78 is 0. The Morgan fingerprint density at radius 2 is 1.71 bits per heavy atom. The molecule has 0 saturated carbocycles. The van der Waals surface area contributed by atoms with E-state index >= 15 is 0 Å². The molecule has 0 aliphatic rings. The summed E-state index contributed by atoms with van der Waals surface area (Å²) >= 11 is 0. The Bertz CT molecular complexity index is 635. The van der Waals surface area contributed by atoms with Crippen molar-refractivity contribution in [2.75, 3.05) is 35.4 Å². The average molecular weight is 284 g/mol. The van der Waals surface area contributed by atoms with Gasteiger partial charge in [0, 0.05) is 25.5 Å². The lowest BCUT2D eigenvalue weighted by molar-refractivity contribution is 0.262. The molecule has 2 rings (SSSR count). The Balaban J connectivity index is 2.01. The lowest BCUT2D eigenvalue weighted by Gasteiger charge is -2.13. The largest absolute Gasteiger partial charge is 0.397 e. The predicted molar refractivity (Wildman–Crippen MR) is 89.0 cm³/mol. The molecule has 0 saturated heterocycles. The summed E-state index contributed by atoms with van der Waals surface area (Å²) in [5, 5.41) is 5.51. The molecule has 0 aromatic heterocycles. The second-order valence-electron chi connectivity index (χ2n) is 5.11. The number of aryl methyl sites for hydroxylation is 1. The van der Waals surface area contributed by atoms with Crippen molar-refractivity contribution in [1.29, 1.82) is 0 Å². The molecule has 0 spiro atoms. The minimum atomic E-state index is -0.317. The van der Waals surface area contributed by atoms with Gasteiger partial charge in [0.15, 0.2) is 0 Å². The first-order chi connectivity index (χ1) is 9.95. The number of nitrogens with two attached hydrogens (primary N) is 1. The van der Waals surface area contributed by atoms with Crippen LogP contribution in [0.4, 0.5) is 27.5 Å². The maximum absolute atomic E-state index is 11.9. The first-order valence-electron chi connectivity index (χ1n) is 6.67. The zero-order valence-electron chi connectivity index (χ0n) is 12.5. The molecule has 2 amide bonds. The highest BCUT2D eigenvalue weighted by Gasteiger charge is 2.05. The van der Waals surface area contributed by atoms with Crippen molar-refractivity contribution in [2.45, 2.75) is 6.92 Å². The van der Waals surface area contributed by atoms with Gasteiger partial charge in [0.1, 0.15) is 0 Å². The van der Waals surface area contributed by atoms with Crippen molar-refractivity contribution in [3.05, 3.63) is 48.0 Å². The normalized spacial score (nSPS) is 10.0. The second kappa shape index (κ2) is 6.17. The molecule has 21 heavy (non-hydrogen) atoms. The van der Waals surface area contributed by atoms with Gasteiger partial charge in [0.05, 0.1) is 11.4 Å². The van der Waals surface area contributed by atoms with Crippen LogP contribution in [0.5, 0.6) is 0 Å². The summed E-state index contributed by atoms with van der Waals surface area (Å²) in [4.78, 5) is 13.9. The van der Waals surface area contributed by atoms with Crippen molar-refractivity contribution in [3.63, 3.8) is 0 Å². The Hall–Kier alpha value is -2.69. The number of amides is 2. The van der Waals surface area contributed by atoms with E-state index in [1.165, 1.54) is 0 Å². The number of benzene rings is 2. The van der Waals surface area contributed by atoms with Crippen LogP contribution < -0.4 is 21.3 Å². The molecule has 0 heterocycles. The number of rotatable bonds is 3. The average Bonchev–Trinajstić information content (AvgIpc) is 2.42. The lowest BCUT2D eigenvalue weighted by atomic mass is 10.2. The van der Waals surface area contributed by atoms with E-state index in [1.54, 1.807) is 6.07 Å². The van der Waals surface area contributed by atoms with Crippen LogP contribution in [0.25, 0.3) is 0 Å². The van der Waals surface area contributed by atoms with Crippen LogP contribution in [0, 0.1) is 6.92 Å². The van der Waals surface area contributed by atoms with Crippen molar-refractivity contribution in [1.82, 2.24) is 0 Å². The second-order valence-corrected chi connectivity index (χ2v) is 5.11. The standard InChI is InChI=1S/C16H20N4O/c1-11-4-9-15(14(17)10-11)19-16(21)18-12-5-7-13(8-6-12)20(2)3/h4-10H,17H2,1-3H3,(H2,18,19,21). The van der Waals surface area contributed by atoms with E-state index in [-0.39, 0.29) is 6.03 Å². The maximum Gasteiger partial charge on any atom is 0.323 e. The minimum Gasteiger partial charge on any atom is -0.397 e. The molecule has 5 heteroatoms. The molecule has 0 fully saturated rings. The SMILES string of the molecule is Cc1ccc(NC(=O)Nc2ccc(N(C)C)cc2)c(N)c1. The molecule has 0 atom stereocenters. The fourth-order valence-electron chi connectivity index (χ4n) is 1.92. The van der Waals surface area contributed by atoms with E-state index in [1.807, 2.05) is 62.3 Å². The summed E-state index contributed by atoms with van der Waals surface area (Å²) in [6.45, 7) is 1.95. The highest BCUT2D eigenvalue weighted by atomic mass is 16.2. The molecular formula is C16H20N4O. The summed E-state index contributed by atoms with van der Waals surface area (Å²) in [6.07, 6.45) is 0. The molecule has 4 N–H and O–H groups in total. The number of hydrogen-bond donors (Lipinski definition) is 3. The number of hydrogen-bond acceptors (Lipinski definition) is 3. The van der Waals surface area contributed by atoms with Crippen molar-refractivity contribution >= 4 is 28.8 Å². The quantitative estimate of drug-likeness (QED) is 0.757. The van der Waals surface area contributed by atoms with Crippen LogP contribution in [-0.4, -0.2) is 20.1 Å². The van der Waals surface area contributed by atoms with E-state index in [9.17, 15) is 4.79 Å². The zero-order chi connectivity index (χ0) is 15.4. The number of nitrogens with zero attached hydrogens (tertiary/aromatic N) is 1. The number of anilines is 4. The molecule has 2 aromatic carbocycles. The third-order valence-corrected chi connectivity index (χ3v) is 3.10. The van der Waals surface area contributed by atoms with Gasteiger partial charge in [-0.2, -0.15) is 0 Å². The van der Waals surface area contributed by atoms with Gasteiger partial charge < -0.3 is 21.3 Å². The van der Waals surface area contributed by atoms with Gasteiger partial charge in [0.25, 0.3) is 0 Å². The van der Waals surface area contributed by atoms with Crippen LogP contribution >= 0.6 is 0 Å². The minimum absolute atomic E-state index is 0.317. The monoisotopic (exact) mass is 284 g/mol. The number of carbonyl (C=O) groups is 1. The van der Waals surface area contributed by atoms with Gasteiger partial charge in [-0.25, -0.2) is 4.79 Å². The molecule has 0 unspecified atom stereocenters. The summed E-state index contributed by atoms with van der Waals surface area (Å²) in [5.74, 6) is 0. The number of urea groups is 1. The van der Waals surface area contributed by atoms with Crippen molar-refractivity contribution in [3.8, 4) is 0 Å². The molecule has 0 radical (unpaired) electrons. The Kier molecular flexibility index (Phi) is 4.33. The molecule has 5 nitrogen and oxygen atoms in total. The topological polar surface area (TPSA) is 70.4 Å². The van der Waals surface area contributed by atoms with E-state index in [2.05, 4.69) is 10.6 Å². The number of nitrogen functional groups attached to an aromatic ring is 1. The summed E-state index contributed by atoms with van der Waals surface area (Å²) in [6, 6.07) is 12.8. The molecule has 0 bridgehead atoms. The van der Waals surface area contributed by atoms with Crippen LogP contribution in [0.2, 0.25) is 0 Å². The van der Waals surface area contributed by atoms with Crippen molar-refractivity contribution < 1.29 is 4.79 Å². The third-order valence-electron chi connectivity index (χ3n) is 3.10. The number of nitrogens with one attached hydrogen (secondary N) is 2. The van der Waals surface area contributed by atoms with Crippen LogP contribution in [0.1, 0.15) is 5.56 Å². The Morgan fingerprint density at radius 1 is 1.05 bits per heavy atom. The Morgan fingerprint density at radius 3 is 2.29 bits per heavy atom. The highest BCUT2D eigenvalue weighted by molar-refractivity contribution is 6.01. The van der Waals surface area contributed by atoms with E-state index in [4.69, 9.17) is 5.73 Å². The maximum atomic E-state index is 11.9. The fourth-order valence-corrected chi connectivity index (χ4v) is 1.92. The fraction of sp³-hybridized carbons (Fsp3) is 0.188. The summed E-state index contributed by atoms with van der Waals surface area (Å²) in [7, 11) is 3.94. The third kappa shape index (κ3) is 3.89. The Labute approximate surface area is 124 Å². The predicted octanol–water partition coefficient (Wildman–Crippen LogP) is 3.29. The van der Waals surface area contributed by atoms with E-state index < -0.39 is 0 Å². The molecule has 0 aliphatic carbocycles. The number of carbonyl (C=O) groups excluding carboxylic acids is 1. The summed E-state index contributed by atoms with van der Waals surface area (Å²) in [5.41, 5.74) is 9.87. The van der Waals surface area contributed by atoms with Gasteiger partial charge in [-0.3, -0.25) is 0 Å².